The molecule has 0 aromatic carbocycles. The van der Waals surface area contributed by atoms with Crippen LogP contribution in [0.2, 0.25) is 24.2 Å². The van der Waals surface area contributed by atoms with E-state index in [1.54, 1.807) is 28.4 Å². The standard InChI is InChI=1S/C18H38O7Si2/c1-19-26(5,20-2)17(11-15-13-24-15)7-9-23-10-8-18(12-16-14-25-16)27(6,21-3)22-4/h15-18H,7-14H2,1-6H3. The molecule has 0 amide bonds. The summed E-state index contributed by atoms with van der Waals surface area (Å²) in [6.07, 6.45) is 4.59. The van der Waals surface area contributed by atoms with Crippen molar-refractivity contribution in [3.63, 3.8) is 0 Å². The zero-order chi connectivity index (χ0) is 19.9. The van der Waals surface area contributed by atoms with Gasteiger partial charge in [0.1, 0.15) is 0 Å². The first kappa shape index (κ1) is 23.4. The molecule has 2 heterocycles. The monoisotopic (exact) mass is 422 g/mol. The Morgan fingerprint density at radius 2 is 1.07 bits per heavy atom. The molecule has 7 nitrogen and oxygen atoms in total. The summed E-state index contributed by atoms with van der Waals surface area (Å²) < 4.78 is 39.9. The van der Waals surface area contributed by atoms with Crippen LogP contribution in [0.15, 0.2) is 0 Å². The lowest BCUT2D eigenvalue weighted by Gasteiger charge is -2.32. The molecule has 0 aromatic rings. The highest BCUT2D eigenvalue weighted by atomic mass is 28.4. The van der Waals surface area contributed by atoms with E-state index in [1.165, 1.54) is 0 Å². The maximum atomic E-state index is 6.01. The zero-order valence-corrected chi connectivity index (χ0v) is 19.8. The molecule has 0 radical (unpaired) electrons. The summed E-state index contributed by atoms with van der Waals surface area (Å²) in [7, 11) is 2.62. The minimum Gasteiger partial charge on any atom is -0.398 e. The molecule has 9 heteroatoms. The summed E-state index contributed by atoms with van der Waals surface area (Å²) >= 11 is 0. The van der Waals surface area contributed by atoms with E-state index in [9.17, 15) is 0 Å². The molecule has 0 saturated carbocycles. The van der Waals surface area contributed by atoms with Crippen LogP contribution in [0.4, 0.5) is 0 Å². The first-order valence-corrected chi connectivity index (χ1v) is 14.7. The third-order valence-corrected chi connectivity index (χ3v) is 13.5. The topological polar surface area (TPSA) is 71.2 Å². The van der Waals surface area contributed by atoms with Crippen LogP contribution in [0, 0.1) is 0 Å². The SMILES string of the molecule is CO[Si](C)(OC)C(CCOCCC(CC1CO1)[Si](C)(OC)OC)CC1CO1. The quantitative estimate of drug-likeness (QED) is 0.215. The van der Waals surface area contributed by atoms with Crippen molar-refractivity contribution >= 4 is 17.1 Å². The fourth-order valence-electron chi connectivity index (χ4n) is 3.62. The van der Waals surface area contributed by atoms with Crippen molar-refractivity contribution < 1.29 is 31.9 Å². The molecule has 2 aliphatic rings. The van der Waals surface area contributed by atoms with E-state index in [-0.39, 0.29) is 0 Å². The smallest absolute Gasteiger partial charge is 0.337 e. The summed E-state index contributed by atoms with van der Waals surface area (Å²) in [6.45, 7) is 7.38. The van der Waals surface area contributed by atoms with Gasteiger partial charge in [0.15, 0.2) is 0 Å². The van der Waals surface area contributed by atoms with Crippen LogP contribution in [0.5, 0.6) is 0 Å². The van der Waals surface area contributed by atoms with Crippen LogP contribution < -0.4 is 0 Å². The maximum absolute atomic E-state index is 6.01. The van der Waals surface area contributed by atoms with Gasteiger partial charge in [-0.15, -0.1) is 0 Å². The van der Waals surface area contributed by atoms with E-state index in [0.29, 0.717) is 36.5 Å². The molecule has 4 atom stereocenters. The van der Waals surface area contributed by atoms with E-state index in [2.05, 4.69) is 13.1 Å². The number of hydrogen-bond donors (Lipinski definition) is 0. The van der Waals surface area contributed by atoms with E-state index >= 15 is 0 Å². The lowest BCUT2D eigenvalue weighted by Crippen LogP contribution is -2.43. The highest BCUT2D eigenvalue weighted by Crippen LogP contribution is 2.37. The number of hydrogen-bond acceptors (Lipinski definition) is 7. The van der Waals surface area contributed by atoms with E-state index < -0.39 is 17.1 Å². The van der Waals surface area contributed by atoms with Gasteiger partial charge in [0.25, 0.3) is 0 Å². The van der Waals surface area contributed by atoms with Crippen molar-refractivity contribution in [1.82, 2.24) is 0 Å². The second-order valence-electron chi connectivity index (χ2n) is 7.81. The highest BCUT2D eigenvalue weighted by molar-refractivity contribution is 6.68. The molecule has 0 aromatic heterocycles. The number of epoxide rings is 2. The fourth-order valence-corrected chi connectivity index (χ4v) is 7.95. The molecule has 2 rings (SSSR count). The van der Waals surface area contributed by atoms with Crippen LogP contribution in [-0.4, -0.2) is 84.2 Å². The second-order valence-corrected chi connectivity index (χ2v) is 15.1. The summed E-state index contributed by atoms with van der Waals surface area (Å²) in [4.78, 5) is 0. The van der Waals surface area contributed by atoms with Crippen molar-refractivity contribution in [2.75, 3.05) is 54.9 Å². The van der Waals surface area contributed by atoms with Gasteiger partial charge in [0, 0.05) is 52.7 Å². The van der Waals surface area contributed by atoms with Crippen molar-refractivity contribution in [2.45, 2.75) is 62.1 Å². The summed E-state index contributed by atoms with van der Waals surface area (Å²) in [5, 5.41) is 0. The average molecular weight is 423 g/mol. The molecule has 27 heavy (non-hydrogen) atoms. The van der Waals surface area contributed by atoms with Gasteiger partial charge in [0.05, 0.1) is 25.4 Å². The first-order valence-electron chi connectivity index (χ1n) is 9.92. The highest BCUT2D eigenvalue weighted by Gasteiger charge is 2.44. The molecule has 2 saturated heterocycles. The third-order valence-electron chi connectivity index (χ3n) is 6.23. The minimum absolute atomic E-state index is 0.366. The van der Waals surface area contributed by atoms with Crippen LogP contribution in [0.1, 0.15) is 25.7 Å². The van der Waals surface area contributed by atoms with Gasteiger partial charge in [-0.25, -0.2) is 0 Å². The summed E-state index contributed by atoms with van der Waals surface area (Å²) in [5.41, 5.74) is 0.738. The van der Waals surface area contributed by atoms with Crippen LogP contribution in [0.25, 0.3) is 0 Å². The number of rotatable bonds is 16. The van der Waals surface area contributed by atoms with Gasteiger partial charge in [-0.2, -0.15) is 0 Å². The van der Waals surface area contributed by atoms with E-state index in [1.807, 2.05) is 0 Å². The predicted molar refractivity (Wildman–Crippen MR) is 108 cm³/mol. The lowest BCUT2D eigenvalue weighted by molar-refractivity contribution is 0.113. The molecule has 0 N–H and O–H groups in total. The Balaban J connectivity index is 1.76. The molecule has 0 aliphatic carbocycles. The molecule has 4 unspecified atom stereocenters. The van der Waals surface area contributed by atoms with Gasteiger partial charge in [-0.3, -0.25) is 0 Å². The maximum Gasteiger partial charge on any atom is 0.337 e. The van der Waals surface area contributed by atoms with Crippen LogP contribution in [0.3, 0.4) is 0 Å². The molecular formula is C18H38O7Si2. The van der Waals surface area contributed by atoms with Gasteiger partial charge in [-0.1, -0.05) is 0 Å². The largest absolute Gasteiger partial charge is 0.398 e. The Bertz CT molecular complexity index is 386. The molecule has 2 fully saturated rings. The summed E-state index contributed by atoms with van der Waals surface area (Å²) in [6, 6.07) is 0. The van der Waals surface area contributed by atoms with E-state index in [0.717, 1.165) is 38.9 Å². The Morgan fingerprint density at radius 3 is 1.33 bits per heavy atom. The van der Waals surface area contributed by atoms with Gasteiger partial charge >= 0.3 is 17.1 Å². The van der Waals surface area contributed by atoms with Gasteiger partial charge < -0.3 is 31.9 Å². The van der Waals surface area contributed by atoms with Gasteiger partial charge in [-0.05, 0) is 38.8 Å². The Morgan fingerprint density at radius 1 is 0.741 bits per heavy atom. The lowest BCUT2D eigenvalue weighted by atomic mass is 10.2. The average Bonchev–Trinajstić information content (AvgIpc) is 3.60. The normalized spacial score (nSPS) is 24.7. The van der Waals surface area contributed by atoms with Crippen LogP contribution >= 0.6 is 0 Å². The van der Waals surface area contributed by atoms with Gasteiger partial charge in [0.2, 0.25) is 0 Å². The summed E-state index contributed by atoms with van der Waals surface area (Å²) in [5.74, 6) is 0. The zero-order valence-electron chi connectivity index (χ0n) is 17.8. The molecule has 0 bridgehead atoms. The molecule has 2 aliphatic heterocycles. The fraction of sp³-hybridized carbons (Fsp3) is 1.00. The first-order chi connectivity index (χ1) is 12.9. The number of ether oxygens (including phenoxy) is 3. The molecule has 160 valence electrons. The second kappa shape index (κ2) is 10.8. The minimum atomic E-state index is -2.20. The Hall–Kier alpha value is 0.154. The molecular weight excluding hydrogens is 384 g/mol. The Labute approximate surface area is 166 Å². The Kier molecular flexibility index (Phi) is 9.37. The van der Waals surface area contributed by atoms with Crippen LogP contribution in [-0.2, 0) is 31.9 Å². The van der Waals surface area contributed by atoms with Crippen molar-refractivity contribution in [3.05, 3.63) is 0 Å². The van der Waals surface area contributed by atoms with E-state index in [4.69, 9.17) is 31.9 Å². The third kappa shape index (κ3) is 7.16. The molecule has 0 spiro atoms. The van der Waals surface area contributed by atoms with Crippen molar-refractivity contribution in [3.8, 4) is 0 Å². The van der Waals surface area contributed by atoms with Crippen molar-refractivity contribution in [1.29, 1.82) is 0 Å². The van der Waals surface area contributed by atoms with Crippen molar-refractivity contribution in [2.24, 2.45) is 0 Å². The predicted octanol–water partition coefficient (Wildman–Crippen LogP) is 2.83.